The summed E-state index contributed by atoms with van der Waals surface area (Å²) in [6.45, 7) is 2.83. The van der Waals surface area contributed by atoms with Crippen LogP contribution in [0.5, 0.6) is 0 Å². The molecule has 0 radical (unpaired) electrons. The first-order valence-corrected chi connectivity index (χ1v) is 6.87. The molecule has 0 spiro atoms. The number of nitrogen functional groups attached to an aromatic ring is 1. The third-order valence-electron chi connectivity index (χ3n) is 3.45. The standard InChI is InChI=1S/C15H17FN4O/c16-11-4-5-12(18-8-11)9-20-6-7-21-14(10-20)13-2-1-3-15(17)19-13/h1-5,8,14H,6-7,9-10H2,(H2,17,19). The van der Waals surface area contributed by atoms with Gasteiger partial charge < -0.3 is 10.5 Å². The lowest BCUT2D eigenvalue weighted by molar-refractivity contribution is -0.0352. The Hall–Kier alpha value is -2.05. The maximum Gasteiger partial charge on any atom is 0.141 e. The van der Waals surface area contributed by atoms with Crippen LogP contribution < -0.4 is 5.73 Å². The molecule has 5 nitrogen and oxygen atoms in total. The molecule has 1 unspecified atom stereocenters. The largest absolute Gasteiger partial charge is 0.384 e. The molecular weight excluding hydrogens is 271 g/mol. The smallest absolute Gasteiger partial charge is 0.141 e. The van der Waals surface area contributed by atoms with E-state index in [0.29, 0.717) is 19.0 Å². The van der Waals surface area contributed by atoms with Gasteiger partial charge in [0.25, 0.3) is 0 Å². The first-order chi connectivity index (χ1) is 10.2. The number of ether oxygens (including phenoxy) is 1. The zero-order valence-electron chi connectivity index (χ0n) is 11.6. The van der Waals surface area contributed by atoms with E-state index in [0.717, 1.165) is 24.5 Å². The molecule has 2 N–H and O–H groups in total. The van der Waals surface area contributed by atoms with E-state index in [1.165, 1.54) is 12.3 Å². The van der Waals surface area contributed by atoms with Crippen LogP contribution in [-0.4, -0.2) is 34.6 Å². The van der Waals surface area contributed by atoms with Gasteiger partial charge in [-0.05, 0) is 24.3 Å². The number of nitrogens with zero attached hydrogens (tertiary/aromatic N) is 3. The van der Waals surface area contributed by atoms with E-state index < -0.39 is 0 Å². The van der Waals surface area contributed by atoms with E-state index in [-0.39, 0.29) is 11.9 Å². The second kappa shape index (κ2) is 6.15. The number of morpholine rings is 1. The summed E-state index contributed by atoms with van der Waals surface area (Å²) < 4.78 is 18.6. The molecule has 110 valence electrons. The Morgan fingerprint density at radius 3 is 3.00 bits per heavy atom. The Balaban J connectivity index is 1.67. The number of hydrogen-bond acceptors (Lipinski definition) is 5. The molecule has 0 saturated carbocycles. The Morgan fingerprint density at radius 2 is 2.24 bits per heavy atom. The molecule has 0 aromatic carbocycles. The van der Waals surface area contributed by atoms with Crippen LogP contribution >= 0.6 is 0 Å². The summed E-state index contributed by atoms with van der Waals surface area (Å²) in [4.78, 5) is 10.6. The maximum absolute atomic E-state index is 12.9. The minimum Gasteiger partial charge on any atom is -0.384 e. The van der Waals surface area contributed by atoms with E-state index in [2.05, 4.69) is 14.9 Å². The number of anilines is 1. The van der Waals surface area contributed by atoms with E-state index in [1.807, 2.05) is 12.1 Å². The van der Waals surface area contributed by atoms with Gasteiger partial charge in [0.05, 0.1) is 24.2 Å². The van der Waals surface area contributed by atoms with Crippen molar-refractivity contribution >= 4 is 5.82 Å². The molecule has 0 bridgehead atoms. The minimum absolute atomic E-state index is 0.0947. The minimum atomic E-state index is -0.317. The van der Waals surface area contributed by atoms with E-state index >= 15 is 0 Å². The summed E-state index contributed by atoms with van der Waals surface area (Å²) in [6, 6.07) is 8.69. The van der Waals surface area contributed by atoms with Gasteiger partial charge in [-0.1, -0.05) is 6.07 Å². The SMILES string of the molecule is Nc1cccc(C2CN(Cc3ccc(F)cn3)CCO2)n1. The van der Waals surface area contributed by atoms with Crippen molar-refractivity contribution in [3.63, 3.8) is 0 Å². The van der Waals surface area contributed by atoms with E-state index in [9.17, 15) is 4.39 Å². The summed E-state index contributed by atoms with van der Waals surface area (Å²) in [7, 11) is 0. The van der Waals surface area contributed by atoms with Crippen LogP contribution in [0.2, 0.25) is 0 Å². The van der Waals surface area contributed by atoms with Gasteiger partial charge >= 0.3 is 0 Å². The maximum atomic E-state index is 12.9. The average molecular weight is 288 g/mol. The number of aromatic nitrogens is 2. The van der Waals surface area contributed by atoms with Crippen molar-refractivity contribution in [2.75, 3.05) is 25.4 Å². The predicted octanol–water partition coefficient (Wildman–Crippen LogP) is 1.77. The summed E-state index contributed by atoms with van der Waals surface area (Å²) in [5.74, 6) is 0.177. The molecule has 3 rings (SSSR count). The fourth-order valence-electron chi connectivity index (χ4n) is 2.40. The number of halogens is 1. The highest BCUT2D eigenvalue weighted by molar-refractivity contribution is 5.29. The van der Waals surface area contributed by atoms with Gasteiger partial charge in [-0.25, -0.2) is 9.37 Å². The normalized spacial score (nSPS) is 19.6. The van der Waals surface area contributed by atoms with Crippen LogP contribution in [-0.2, 0) is 11.3 Å². The average Bonchev–Trinajstić information content (AvgIpc) is 2.50. The van der Waals surface area contributed by atoms with Gasteiger partial charge in [0.15, 0.2) is 0 Å². The second-order valence-corrected chi connectivity index (χ2v) is 5.05. The zero-order valence-corrected chi connectivity index (χ0v) is 11.6. The predicted molar refractivity (Wildman–Crippen MR) is 76.8 cm³/mol. The molecule has 3 heterocycles. The number of nitrogens with two attached hydrogens (primary N) is 1. The first kappa shape index (κ1) is 13.9. The van der Waals surface area contributed by atoms with Gasteiger partial charge in [-0.3, -0.25) is 9.88 Å². The third kappa shape index (κ3) is 3.53. The molecule has 1 atom stereocenters. The van der Waals surface area contributed by atoms with Gasteiger partial charge in [0.1, 0.15) is 17.7 Å². The van der Waals surface area contributed by atoms with Gasteiger partial charge in [0.2, 0.25) is 0 Å². The fraction of sp³-hybridized carbons (Fsp3) is 0.333. The van der Waals surface area contributed by atoms with E-state index in [1.54, 1.807) is 12.1 Å². The molecule has 1 aliphatic heterocycles. The molecule has 1 aliphatic rings. The Kier molecular flexibility index (Phi) is 4.08. The highest BCUT2D eigenvalue weighted by atomic mass is 19.1. The van der Waals surface area contributed by atoms with Crippen LogP contribution in [0.3, 0.4) is 0 Å². The van der Waals surface area contributed by atoms with Crippen LogP contribution in [0.1, 0.15) is 17.5 Å². The lowest BCUT2D eigenvalue weighted by Gasteiger charge is -2.32. The lowest BCUT2D eigenvalue weighted by atomic mass is 10.1. The van der Waals surface area contributed by atoms with Crippen LogP contribution in [0.4, 0.5) is 10.2 Å². The first-order valence-electron chi connectivity index (χ1n) is 6.87. The zero-order chi connectivity index (χ0) is 14.7. The van der Waals surface area contributed by atoms with Crippen molar-refractivity contribution in [2.24, 2.45) is 0 Å². The van der Waals surface area contributed by atoms with Crippen molar-refractivity contribution < 1.29 is 9.13 Å². The third-order valence-corrected chi connectivity index (χ3v) is 3.45. The molecule has 1 fully saturated rings. The molecule has 2 aromatic heterocycles. The molecule has 1 saturated heterocycles. The lowest BCUT2D eigenvalue weighted by Crippen LogP contribution is -2.38. The number of hydrogen-bond donors (Lipinski definition) is 1. The molecule has 21 heavy (non-hydrogen) atoms. The summed E-state index contributed by atoms with van der Waals surface area (Å²) in [6.07, 6.45) is 1.15. The molecule has 6 heteroatoms. The fourth-order valence-corrected chi connectivity index (χ4v) is 2.40. The molecule has 0 amide bonds. The quantitative estimate of drug-likeness (QED) is 0.932. The molecule has 2 aromatic rings. The molecular formula is C15H17FN4O. The van der Waals surface area contributed by atoms with Crippen LogP contribution in [0, 0.1) is 5.82 Å². The van der Waals surface area contributed by atoms with Crippen molar-refractivity contribution in [3.8, 4) is 0 Å². The van der Waals surface area contributed by atoms with Crippen LogP contribution in [0.25, 0.3) is 0 Å². The van der Waals surface area contributed by atoms with E-state index in [4.69, 9.17) is 10.5 Å². The summed E-state index contributed by atoms with van der Waals surface area (Å²) >= 11 is 0. The highest BCUT2D eigenvalue weighted by Crippen LogP contribution is 2.22. The van der Waals surface area contributed by atoms with Gasteiger partial charge in [-0.2, -0.15) is 0 Å². The number of pyridine rings is 2. The van der Waals surface area contributed by atoms with Crippen molar-refractivity contribution in [3.05, 3.63) is 53.7 Å². The monoisotopic (exact) mass is 288 g/mol. The summed E-state index contributed by atoms with van der Waals surface area (Å²) in [5.41, 5.74) is 7.40. The van der Waals surface area contributed by atoms with Gasteiger partial charge in [0, 0.05) is 19.6 Å². The molecule has 0 aliphatic carbocycles. The van der Waals surface area contributed by atoms with Crippen molar-refractivity contribution in [1.29, 1.82) is 0 Å². The number of rotatable bonds is 3. The Labute approximate surface area is 122 Å². The second-order valence-electron chi connectivity index (χ2n) is 5.05. The summed E-state index contributed by atoms with van der Waals surface area (Å²) in [5, 5.41) is 0. The van der Waals surface area contributed by atoms with Crippen molar-refractivity contribution in [1.82, 2.24) is 14.9 Å². The Bertz CT molecular complexity index is 605. The topological polar surface area (TPSA) is 64.3 Å². The highest BCUT2D eigenvalue weighted by Gasteiger charge is 2.23. The Morgan fingerprint density at radius 1 is 1.33 bits per heavy atom. The van der Waals surface area contributed by atoms with Crippen molar-refractivity contribution in [2.45, 2.75) is 12.6 Å². The van der Waals surface area contributed by atoms with Crippen LogP contribution in [0.15, 0.2) is 36.5 Å². The van der Waals surface area contributed by atoms with Gasteiger partial charge in [-0.15, -0.1) is 0 Å².